The van der Waals surface area contributed by atoms with Crippen LogP contribution in [0, 0.1) is 18.6 Å². The van der Waals surface area contributed by atoms with Crippen molar-refractivity contribution in [2.24, 2.45) is 0 Å². The second kappa shape index (κ2) is 5.44. The summed E-state index contributed by atoms with van der Waals surface area (Å²) in [6, 6.07) is 2.18. The fraction of sp³-hybridized carbons (Fsp3) is 0.364. The van der Waals surface area contributed by atoms with Gasteiger partial charge >= 0.3 is 5.97 Å². The van der Waals surface area contributed by atoms with E-state index in [0.717, 1.165) is 12.1 Å². The lowest BCUT2D eigenvalue weighted by molar-refractivity contribution is -0.137. The van der Waals surface area contributed by atoms with Crippen molar-refractivity contribution in [3.63, 3.8) is 0 Å². The number of aryl methyl sites for hydroxylation is 1. The van der Waals surface area contributed by atoms with Crippen LogP contribution in [0.15, 0.2) is 12.1 Å². The van der Waals surface area contributed by atoms with Crippen LogP contribution >= 0.6 is 0 Å². The fourth-order valence-corrected chi connectivity index (χ4v) is 1.24. The van der Waals surface area contributed by atoms with Crippen LogP contribution in [-0.4, -0.2) is 17.6 Å². The molecule has 1 aromatic rings. The molecule has 3 nitrogen and oxygen atoms in total. The van der Waals surface area contributed by atoms with E-state index in [-0.39, 0.29) is 17.7 Å². The minimum Gasteiger partial charge on any atom is -0.481 e. The molecule has 0 heterocycles. The molecule has 0 saturated carbocycles. The van der Waals surface area contributed by atoms with Gasteiger partial charge < -0.3 is 10.4 Å². The van der Waals surface area contributed by atoms with Gasteiger partial charge in [-0.05, 0) is 25.0 Å². The lowest BCUT2D eigenvalue weighted by atomic mass is 10.2. The van der Waals surface area contributed by atoms with Crippen LogP contribution in [0.4, 0.5) is 14.5 Å². The molecule has 0 atom stereocenters. The highest BCUT2D eigenvalue weighted by molar-refractivity contribution is 5.66. The molecule has 16 heavy (non-hydrogen) atoms. The number of nitrogens with one attached hydrogen (secondary N) is 1. The van der Waals surface area contributed by atoms with E-state index in [0.29, 0.717) is 13.0 Å². The monoisotopic (exact) mass is 229 g/mol. The Morgan fingerprint density at radius 3 is 2.69 bits per heavy atom. The Kier molecular flexibility index (Phi) is 4.22. The molecule has 1 aromatic carbocycles. The lowest BCUT2D eigenvalue weighted by Crippen LogP contribution is -2.06. The molecular weight excluding hydrogens is 216 g/mol. The SMILES string of the molecule is Cc1cc(F)c(NCCCC(=O)O)cc1F. The summed E-state index contributed by atoms with van der Waals surface area (Å²) >= 11 is 0. The van der Waals surface area contributed by atoms with Crippen LogP contribution in [0.1, 0.15) is 18.4 Å². The zero-order chi connectivity index (χ0) is 12.1. The highest BCUT2D eigenvalue weighted by Crippen LogP contribution is 2.18. The van der Waals surface area contributed by atoms with E-state index < -0.39 is 17.6 Å². The topological polar surface area (TPSA) is 49.3 Å². The predicted octanol–water partition coefficient (Wildman–Crippen LogP) is 2.55. The Hall–Kier alpha value is -1.65. The van der Waals surface area contributed by atoms with Gasteiger partial charge in [0.2, 0.25) is 0 Å². The van der Waals surface area contributed by atoms with Gasteiger partial charge in [-0.25, -0.2) is 8.78 Å². The lowest BCUT2D eigenvalue weighted by Gasteiger charge is -2.08. The molecule has 88 valence electrons. The number of benzene rings is 1. The van der Waals surface area contributed by atoms with Crippen molar-refractivity contribution in [3.8, 4) is 0 Å². The molecule has 0 aromatic heterocycles. The summed E-state index contributed by atoms with van der Waals surface area (Å²) in [5.41, 5.74) is 0.307. The molecule has 0 radical (unpaired) electrons. The fourth-order valence-electron chi connectivity index (χ4n) is 1.24. The van der Waals surface area contributed by atoms with Crippen LogP contribution < -0.4 is 5.32 Å². The van der Waals surface area contributed by atoms with Gasteiger partial charge in [0.05, 0.1) is 5.69 Å². The maximum atomic E-state index is 13.3. The first kappa shape index (κ1) is 12.4. The molecule has 0 spiro atoms. The van der Waals surface area contributed by atoms with Crippen LogP contribution in [0.25, 0.3) is 0 Å². The molecule has 1 rings (SSSR count). The number of halogens is 2. The van der Waals surface area contributed by atoms with Crippen molar-refractivity contribution in [2.45, 2.75) is 19.8 Å². The number of anilines is 1. The van der Waals surface area contributed by atoms with E-state index in [1.807, 2.05) is 0 Å². The number of rotatable bonds is 5. The van der Waals surface area contributed by atoms with Gasteiger partial charge in [-0.3, -0.25) is 4.79 Å². The summed E-state index contributed by atoms with van der Waals surface area (Å²) in [6.07, 6.45) is 0.368. The summed E-state index contributed by atoms with van der Waals surface area (Å²) in [6.45, 7) is 1.78. The Balaban J connectivity index is 2.54. The van der Waals surface area contributed by atoms with Gasteiger partial charge in [0.1, 0.15) is 11.6 Å². The summed E-state index contributed by atoms with van der Waals surface area (Å²) in [5, 5.41) is 11.0. The molecule has 0 aliphatic carbocycles. The molecule has 2 N–H and O–H groups in total. The number of hydrogen-bond donors (Lipinski definition) is 2. The molecule has 0 saturated heterocycles. The average Bonchev–Trinajstić information content (AvgIpc) is 2.19. The zero-order valence-corrected chi connectivity index (χ0v) is 8.89. The molecule has 0 bridgehead atoms. The first-order valence-electron chi connectivity index (χ1n) is 4.92. The number of carbonyl (C=O) groups is 1. The summed E-state index contributed by atoms with van der Waals surface area (Å²) in [7, 11) is 0. The minimum atomic E-state index is -0.905. The van der Waals surface area contributed by atoms with Crippen LogP contribution in [0.3, 0.4) is 0 Å². The van der Waals surface area contributed by atoms with E-state index in [9.17, 15) is 13.6 Å². The van der Waals surface area contributed by atoms with E-state index >= 15 is 0 Å². The second-order valence-electron chi connectivity index (χ2n) is 3.51. The molecule has 0 aliphatic rings. The highest BCUT2D eigenvalue weighted by Gasteiger charge is 2.06. The molecular formula is C11H13F2NO2. The minimum absolute atomic E-state index is 0.00294. The zero-order valence-electron chi connectivity index (χ0n) is 8.89. The van der Waals surface area contributed by atoms with Crippen molar-refractivity contribution in [3.05, 3.63) is 29.3 Å². The van der Waals surface area contributed by atoms with Crippen LogP contribution in [0.2, 0.25) is 0 Å². The van der Waals surface area contributed by atoms with Gasteiger partial charge in [-0.2, -0.15) is 0 Å². The smallest absolute Gasteiger partial charge is 0.303 e. The molecule has 0 fully saturated rings. The quantitative estimate of drug-likeness (QED) is 0.763. The van der Waals surface area contributed by atoms with Gasteiger partial charge in [-0.15, -0.1) is 0 Å². The highest BCUT2D eigenvalue weighted by atomic mass is 19.1. The largest absolute Gasteiger partial charge is 0.481 e. The third-order valence-corrected chi connectivity index (χ3v) is 2.13. The number of carboxylic acid groups (broad SMARTS) is 1. The van der Waals surface area contributed by atoms with E-state index in [1.165, 1.54) is 6.92 Å². The van der Waals surface area contributed by atoms with Crippen LogP contribution in [0.5, 0.6) is 0 Å². The van der Waals surface area contributed by atoms with Gasteiger partial charge in [0.25, 0.3) is 0 Å². The summed E-state index contributed by atoms with van der Waals surface area (Å²) in [4.78, 5) is 10.2. The summed E-state index contributed by atoms with van der Waals surface area (Å²) in [5.74, 6) is -1.92. The van der Waals surface area contributed by atoms with Crippen molar-refractivity contribution < 1.29 is 18.7 Å². The van der Waals surface area contributed by atoms with Crippen molar-refractivity contribution in [1.82, 2.24) is 0 Å². The van der Waals surface area contributed by atoms with Crippen molar-refractivity contribution in [2.75, 3.05) is 11.9 Å². The maximum Gasteiger partial charge on any atom is 0.303 e. The van der Waals surface area contributed by atoms with E-state index in [1.54, 1.807) is 0 Å². The maximum absolute atomic E-state index is 13.3. The third-order valence-electron chi connectivity index (χ3n) is 2.13. The molecule has 0 amide bonds. The Bertz CT molecular complexity index is 394. The van der Waals surface area contributed by atoms with Crippen molar-refractivity contribution in [1.29, 1.82) is 0 Å². The predicted molar refractivity (Wildman–Crippen MR) is 56.5 cm³/mol. The molecule has 0 aliphatic heterocycles. The normalized spacial score (nSPS) is 10.2. The first-order chi connectivity index (χ1) is 7.50. The molecule has 0 unspecified atom stereocenters. The van der Waals surface area contributed by atoms with E-state index in [2.05, 4.69) is 5.32 Å². The summed E-state index contributed by atoms with van der Waals surface area (Å²) < 4.78 is 26.4. The Morgan fingerprint density at radius 2 is 2.06 bits per heavy atom. The number of hydrogen-bond acceptors (Lipinski definition) is 2. The Labute approximate surface area is 92.1 Å². The van der Waals surface area contributed by atoms with Gasteiger partial charge in [0, 0.05) is 19.0 Å². The molecule has 5 heteroatoms. The standard InChI is InChI=1S/C11H13F2NO2/c1-7-5-9(13)10(6-8(7)12)14-4-2-3-11(15)16/h5-6,14H,2-4H2,1H3,(H,15,16). The number of aliphatic carboxylic acids is 1. The van der Waals surface area contributed by atoms with E-state index in [4.69, 9.17) is 5.11 Å². The van der Waals surface area contributed by atoms with Gasteiger partial charge in [0.15, 0.2) is 0 Å². The van der Waals surface area contributed by atoms with Crippen molar-refractivity contribution >= 4 is 11.7 Å². The van der Waals surface area contributed by atoms with Gasteiger partial charge in [-0.1, -0.05) is 0 Å². The van der Waals surface area contributed by atoms with Crippen LogP contribution in [-0.2, 0) is 4.79 Å². The first-order valence-corrected chi connectivity index (χ1v) is 4.92. The third kappa shape index (κ3) is 3.49. The second-order valence-corrected chi connectivity index (χ2v) is 3.51. The Morgan fingerprint density at radius 1 is 1.38 bits per heavy atom. The average molecular weight is 229 g/mol. The number of carboxylic acids is 1.